The van der Waals surface area contributed by atoms with E-state index < -0.39 is 26.7 Å². The van der Waals surface area contributed by atoms with Gasteiger partial charge in [0.1, 0.15) is 6.61 Å². The van der Waals surface area contributed by atoms with E-state index >= 15 is 0 Å². The number of halogens is 3. The molecule has 1 aliphatic carbocycles. The molecule has 1 rings (SSSR count). The van der Waals surface area contributed by atoms with E-state index in [0.29, 0.717) is 12.8 Å². The predicted octanol–water partition coefficient (Wildman–Crippen LogP) is 1.50. The third-order valence-corrected chi connectivity index (χ3v) is 3.24. The standard InChI is InChI=1S/C8H10Cl3NO4S/c9-8(10,11)5-16-17(14,15)12-6-3-1-2-4-7(6)13/h2,4,6,12H,1,3,5H2. The van der Waals surface area contributed by atoms with Gasteiger partial charge >= 0.3 is 10.3 Å². The van der Waals surface area contributed by atoms with Crippen molar-refractivity contribution in [3.8, 4) is 0 Å². The van der Waals surface area contributed by atoms with Gasteiger partial charge in [0.2, 0.25) is 3.79 Å². The molecule has 0 saturated carbocycles. The monoisotopic (exact) mass is 321 g/mol. The molecule has 9 heteroatoms. The van der Waals surface area contributed by atoms with Gasteiger partial charge in [0, 0.05) is 0 Å². The highest BCUT2D eigenvalue weighted by molar-refractivity contribution is 7.84. The Balaban J connectivity index is 2.55. The Labute approximate surface area is 114 Å². The van der Waals surface area contributed by atoms with Crippen LogP contribution in [-0.2, 0) is 19.3 Å². The van der Waals surface area contributed by atoms with Crippen LogP contribution in [0.15, 0.2) is 12.2 Å². The minimum Gasteiger partial charge on any atom is -0.293 e. The quantitative estimate of drug-likeness (QED) is 0.796. The van der Waals surface area contributed by atoms with Gasteiger partial charge in [0.15, 0.2) is 5.78 Å². The summed E-state index contributed by atoms with van der Waals surface area (Å²) in [6.45, 7) is -0.621. The SMILES string of the molecule is O=C1C=CCCC1NS(=O)(=O)OCC(Cl)(Cl)Cl. The van der Waals surface area contributed by atoms with Gasteiger partial charge in [-0.3, -0.25) is 8.98 Å². The molecule has 0 aromatic heterocycles. The van der Waals surface area contributed by atoms with Crippen LogP contribution in [0.3, 0.4) is 0 Å². The number of hydrogen-bond acceptors (Lipinski definition) is 4. The van der Waals surface area contributed by atoms with Crippen molar-refractivity contribution in [3.63, 3.8) is 0 Å². The minimum absolute atomic E-state index is 0.322. The lowest BCUT2D eigenvalue weighted by Gasteiger charge is -2.18. The van der Waals surface area contributed by atoms with E-state index in [-0.39, 0.29) is 5.78 Å². The second-order valence-corrected chi connectivity index (χ2v) is 7.28. The Morgan fingerprint density at radius 2 is 2.12 bits per heavy atom. The molecule has 98 valence electrons. The van der Waals surface area contributed by atoms with Gasteiger partial charge in [-0.15, -0.1) is 0 Å². The zero-order valence-corrected chi connectivity index (χ0v) is 11.6. The van der Waals surface area contributed by atoms with Crippen molar-refractivity contribution in [2.75, 3.05) is 6.61 Å². The van der Waals surface area contributed by atoms with Crippen LogP contribution in [0.2, 0.25) is 0 Å². The summed E-state index contributed by atoms with van der Waals surface area (Å²) >= 11 is 16.0. The number of alkyl halides is 3. The Morgan fingerprint density at radius 1 is 1.47 bits per heavy atom. The molecule has 1 aliphatic rings. The van der Waals surface area contributed by atoms with Crippen molar-refractivity contribution in [1.29, 1.82) is 0 Å². The van der Waals surface area contributed by atoms with Gasteiger partial charge in [-0.25, -0.2) is 0 Å². The number of allylic oxidation sites excluding steroid dienone is 1. The number of rotatable bonds is 4. The van der Waals surface area contributed by atoms with E-state index in [1.807, 2.05) is 0 Å². The first-order chi connectivity index (χ1) is 7.70. The normalized spacial score (nSPS) is 21.8. The lowest BCUT2D eigenvalue weighted by Crippen LogP contribution is -2.42. The summed E-state index contributed by atoms with van der Waals surface area (Å²) in [6, 6.07) is -0.819. The molecule has 0 aromatic rings. The van der Waals surface area contributed by atoms with Crippen LogP contribution >= 0.6 is 34.8 Å². The van der Waals surface area contributed by atoms with Crippen molar-refractivity contribution in [2.45, 2.75) is 22.7 Å². The molecule has 0 fully saturated rings. The Hall–Kier alpha value is 0.150. The molecule has 1 N–H and O–H groups in total. The fourth-order valence-corrected chi connectivity index (χ4v) is 2.53. The maximum Gasteiger partial charge on any atom is 0.336 e. The molecule has 0 spiro atoms. The first kappa shape index (κ1) is 15.2. The van der Waals surface area contributed by atoms with Crippen LogP contribution < -0.4 is 4.72 Å². The smallest absolute Gasteiger partial charge is 0.293 e. The molecule has 0 aliphatic heterocycles. The molecule has 1 unspecified atom stereocenters. The third kappa shape index (κ3) is 6.03. The zero-order valence-electron chi connectivity index (χ0n) is 8.53. The number of carbonyl (C=O) groups excluding carboxylic acids is 1. The van der Waals surface area contributed by atoms with Crippen molar-refractivity contribution < 1.29 is 17.4 Å². The van der Waals surface area contributed by atoms with Crippen LogP contribution in [0, 0.1) is 0 Å². The Kier molecular flexibility index (Phi) is 5.24. The van der Waals surface area contributed by atoms with Gasteiger partial charge in [0.05, 0.1) is 6.04 Å². The average Bonchev–Trinajstić information content (AvgIpc) is 2.18. The maximum absolute atomic E-state index is 11.4. The lowest BCUT2D eigenvalue weighted by molar-refractivity contribution is -0.116. The summed E-state index contributed by atoms with van der Waals surface area (Å²) in [7, 11) is -4.11. The van der Waals surface area contributed by atoms with Crippen LogP contribution in [0.5, 0.6) is 0 Å². The summed E-state index contributed by atoms with van der Waals surface area (Å²) in [5, 5.41) is 0. The molecule has 0 aromatic carbocycles. The van der Waals surface area contributed by atoms with Crippen molar-refractivity contribution in [3.05, 3.63) is 12.2 Å². The van der Waals surface area contributed by atoms with Gasteiger partial charge in [-0.1, -0.05) is 40.9 Å². The van der Waals surface area contributed by atoms with E-state index in [2.05, 4.69) is 8.91 Å². The fraction of sp³-hybridized carbons (Fsp3) is 0.625. The number of nitrogens with one attached hydrogen (secondary N) is 1. The topological polar surface area (TPSA) is 72.5 Å². The first-order valence-corrected chi connectivity index (χ1v) is 7.18. The number of hydrogen-bond donors (Lipinski definition) is 1. The highest BCUT2D eigenvalue weighted by atomic mass is 35.6. The second kappa shape index (κ2) is 5.86. The van der Waals surface area contributed by atoms with Gasteiger partial charge in [-0.2, -0.15) is 13.1 Å². The molecule has 0 saturated heterocycles. The molecular formula is C8H10Cl3NO4S. The van der Waals surface area contributed by atoms with E-state index in [0.717, 1.165) is 0 Å². The second-order valence-electron chi connectivity index (χ2n) is 3.38. The third-order valence-electron chi connectivity index (χ3n) is 1.91. The van der Waals surface area contributed by atoms with Crippen molar-refractivity contribution >= 4 is 50.9 Å². The maximum atomic E-state index is 11.4. The zero-order chi connectivity index (χ0) is 13.1. The summed E-state index contributed by atoms with van der Waals surface area (Å²) in [5.74, 6) is -0.322. The van der Waals surface area contributed by atoms with Gasteiger partial charge in [0.25, 0.3) is 0 Å². The largest absolute Gasteiger partial charge is 0.336 e. The first-order valence-electron chi connectivity index (χ1n) is 4.63. The molecule has 0 heterocycles. The van der Waals surface area contributed by atoms with Crippen molar-refractivity contribution in [1.82, 2.24) is 4.72 Å². The highest BCUT2D eigenvalue weighted by Gasteiger charge is 2.28. The summed E-state index contributed by atoms with van der Waals surface area (Å²) in [4.78, 5) is 11.3. The Morgan fingerprint density at radius 3 is 2.65 bits per heavy atom. The van der Waals surface area contributed by atoms with E-state index in [1.54, 1.807) is 6.08 Å². The molecule has 0 radical (unpaired) electrons. The lowest BCUT2D eigenvalue weighted by atomic mass is 10.0. The molecule has 5 nitrogen and oxygen atoms in total. The van der Waals surface area contributed by atoms with Crippen LogP contribution in [0.25, 0.3) is 0 Å². The molecule has 1 atom stereocenters. The van der Waals surface area contributed by atoms with E-state index in [9.17, 15) is 13.2 Å². The summed E-state index contributed by atoms with van der Waals surface area (Å²) in [5.41, 5.74) is 0. The van der Waals surface area contributed by atoms with Gasteiger partial charge < -0.3 is 0 Å². The van der Waals surface area contributed by atoms with Crippen LogP contribution in [-0.4, -0.2) is 30.6 Å². The van der Waals surface area contributed by atoms with E-state index in [1.165, 1.54) is 6.08 Å². The molecule has 0 bridgehead atoms. The van der Waals surface area contributed by atoms with Crippen molar-refractivity contribution in [2.24, 2.45) is 0 Å². The van der Waals surface area contributed by atoms with Crippen LogP contribution in [0.1, 0.15) is 12.8 Å². The number of ketones is 1. The Bertz CT molecular complexity index is 415. The van der Waals surface area contributed by atoms with E-state index in [4.69, 9.17) is 34.8 Å². The van der Waals surface area contributed by atoms with Crippen LogP contribution in [0.4, 0.5) is 0 Å². The summed E-state index contributed by atoms with van der Waals surface area (Å²) < 4.78 is 27.5. The van der Waals surface area contributed by atoms with Gasteiger partial charge in [-0.05, 0) is 18.9 Å². The summed E-state index contributed by atoms with van der Waals surface area (Å²) in [6.07, 6.45) is 4.00. The highest BCUT2D eigenvalue weighted by Crippen LogP contribution is 2.26. The molecule has 0 amide bonds. The molecule has 17 heavy (non-hydrogen) atoms. The predicted molar refractivity (Wildman–Crippen MR) is 65.5 cm³/mol. The average molecular weight is 323 g/mol. The number of carbonyl (C=O) groups is 1. The fourth-order valence-electron chi connectivity index (χ4n) is 1.19. The minimum atomic E-state index is -4.11. The molecular weight excluding hydrogens is 313 g/mol.